The van der Waals surface area contributed by atoms with E-state index in [9.17, 15) is 4.79 Å². The van der Waals surface area contributed by atoms with Gasteiger partial charge >= 0.3 is 0 Å². The van der Waals surface area contributed by atoms with E-state index in [1.165, 1.54) is 11.1 Å². The molecule has 8 nitrogen and oxygen atoms in total. The highest BCUT2D eigenvalue weighted by atomic mass is 16.7. The summed E-state index contributed by atoms with van der Waals surface area (Å²) in [5.41, 5.74) is 4.05. The Hall–Kier alpha value is -3.36. The van der Waals surface area contributed by atoms with Gasteiger partial charge in [0.05, 0.1) is 6.54 Å². The number of fused-ring (bicyclic) bond motifs is 1. The van der Waals surface area contributed by atoms with Crippen molar-refractivity contribution in [2.24, 2.45) is 0 Å². The first kappa shape index (κ1) is 20.5. The molecule has 5 rings (SSSR count). The largest absolute Gasteiger partial charge is 0.454 e. The van der Waals surface area contributed by atoms with Crippen molar-refractivity contribution < 1.29 is 18.8 Å². The van der Waals surface area contributed by atoms with E-state index in [2.05, 4.69) is 26.3 Å². The minimum Gasteiger partial charge on any atom is -0.454 e. The average molecular weight is 434 g/mol. The summed E-state index contributed by atoms with van der Waals surface area (Å²) < 4.78 is 16.1. The average Bonchev–Trinajstić information content (AvgIpc) is 3.45. The number of rotatable bonds is 6. The van der Waals surface area contributed by atoms with Crippen molar-refractivity contribution in [3.8, 4) is 22.8 Å². The molecule has 2 aromatic carbocycles. The van der Waals surface area contributed by atoms with Crippen LogP contribution in [0.15, 0.2) is 53.1 Å². The van der Waals surface area contributed by atoms with Crippen molar-refractivity contribution in [2.45, 2.75) is 13.5 Å². The second kappa shape index (κ2) is 9.02. The molecule has 1 saturated heterocycles. The van der Waals surface area contributed by atoms with Crippen LogP contribution in [0.4, 0.5) is 5.88 Å². The van der Waals surface area contributed by atoms with Crippen LogP contribution in [0.2, 0.25) is 0 Å². The predicted octanol–water partition coefficient (Wildman–Crippen LogP) is 3.14. The number of aromatic nitrogens is 1. The first-order valence-corrected chi connectivity index (χ1v) is 10.8. The van der Waals surface area contributed by atoms with E-state index < -0.39 is 0 Å². The maximum Gasteiger partial charge on any atom is 0.240 e. The van der Waals surface area contributed by atoms with Crippen LogP contribution >= 0.6 is 0 Å². The highest BCUT2D eigenvalue weighted by Crippen LogP contribution is 2.32. The zero-order valence-electron chi connectivity index (χ0n) is 18.0. The molecule has 1 aromatic heterocycles. The molecule has 1 N–H and O–H groups in total. The fraction of sp³-hybridized carbons (Fsp3) is 0.333. The molecular formula is C24H26N4O4. The van der Waals surface area contributed by atoms with E-state index in [0.717, 1.165) is 49.8 Å². The highest BCUT2D eigenvalue weighted by Gasteiger charge is 2.21. The third-order valence-electron chi connectivity index (χ3n) is 5.80. The van der Waals surface area contributed by atoms with E-state index in [1.54, 1.807) is 6.07 Å². The van der Waals surface area contributed by atoms with Crippen molar-refractivity contribution in [3.63, 3.8) is 0 Å². The number of anilines is 1. The van der Waals surface area contributed by atoms with Crippen LogP contribution in [0.1, 0.15) is 11.1 Å². The SMILES string of the molecule is Cc1ccc(-c2cc(NC(=O)CN3CCN(Cc4ccc5c(c4)OCO5)CC3)on2)cc1. The second-order valence-corrected chi connectivity index (χ2v) is 8.23. The Balaban J connectivity index is 1.08. The Labute approximate surface area is 186 Å². The van der Waals surface area contributed by atoms with Crippen LogP contribution in [-0.4, -0.2) is 60.4 Å². The van der Waals surface area contributed by atoms with Crippen LogP contribution < -0.4 is 14.8 Å². The van der Waals surface area contributed by atoms with Gasteiger partial charge in [-0.2, -0.15) is 0 Å². The van der Waals surface area contributed by atoms with Gasteiger partial charge in [-0.3, -0.25) is 19.9 Å². The molecule has 0 unspecified atom stereocenters. The van der Waals surface area contributed by atoms with Crippen LogP contribution in [0.3, 0.4) is 0 Å². The van der Waals surface area contributed by atoms with E-state index in [-0.39, 0.29) is 5.91 Å². The Morgan fingerprint density at radius 3 is 2.53 bits per heavy atom. The Bertz CT molecular complexity index is 1090. The van der Waals surface area contributed by atoms with E-state index in [0.29, 0.717) is 24.9 Å². The van der Waals surface area contributed by atoms with Gasteiger partial charge < -0.3 is 14.0 Å². The molecule has 3 aromatic rings. The minimum atomic E-state index is -0.0965. The van der Waals surface area contributed by atoms with Crippen molar-refractivity contribution in [3.05, 3.63) is 59.7 Å². The Kier molecular flexibility index (Phi) is 5.79. The van der Waals surface area contributed by atoms with Crippen molar-refractivity contribution in [1.29, 1.82) is 0 Å². The fourth-order valence-corrected chi connectivity index (χ4v) is 3.98. The summed E-state index contributed by atoms with van der Waals surface area (Å²) in [5.74, 6) is 1.89. The summed E-state index contributed by atoms with van der Waals surface area (Å²) in [5, 5.41) is 6.88. The topological polar surface area (TPSA) is 80.1 Å². The van der Waals surface area contributed by atoms with Crippen molar-refractivity contribution in [2.75, 3.05) is 44.8 Å². The van der Waals surface area contributed by atoms with Crippen molar-refractivity contribution >= 4 is 11.8 Å². The van der Waals surface area contributed by atoms with Gasteiger partial charge in [0.1, 0.15) is 5.69 Å². The van der Waals surface area contributed by atoms with E-state index >= 15 is 0 Å². The molecule has 1 amide bonds. The van der Waals surface area contributed by atoms with Gasteiger partial charge in [-0.25, -0.2) is 0 Å². The second-order valence-electron chi connectivity index (χ2n) is 8.23. The number of carbonyl (C=O) groups excluding carboxylic acids is 1. The smallest absolute Gasteiger partial charge is 0.240 e. The molecule has 0 spiro atoms. The number of aryl methyl sites for hydroxylation is 1. The molecule has 32 heavy (non-hydrogen) atoms. The predicted molar refractivity (Wildman–Crippen MR) is 120 cm³/mol. The van der Waals surface area contributed by atoms with E-state index in [1.807, 2.05) is 43.3 Å². The van der Waals surface area contributed by atoms with Gasteiger partial charge in [0, 0.05) is 44.4 Å². The summed E-state index contributed by atoms with van der Waals surface area (Å²) in [7, 11) is 0. The third-order valence-corrected chi connectivity index (χ3v) is 5.80. The quantitative estimate of drug-likeness (QED) is 0.638. The van der Waals surface area contributed by atoms with Gasteiger partial charge in [-0.05, 0) is 24.6 Å². The van der Waals surface area contributed by atoms with Gasteiger partial charge in [0.2, 0.25) is 18.6 Å². The Morgan fingerprint density at radius 1 is 0.969 bits per heavy atom. The number of benzene rings is 2. The summed E-state index contributed by atoms with van der Waals surface area (Å²) in [4.78, 5) is 17.0. The minimum absolute atomic E-state index is 0.0965. The molecule has 0 bridgehead atoms. The summed E-state index contributed by atoms with van der Waals surface area (Å²) >= 11 is 0. The molecule has 0 saturated carbocycles. The zero-order chi connectivity index (χ0) is 21.9. The first-order chi connectivity index (χ1) is 15.6. The zero-order valence-corrected chi connectivity index (χ0v) is 18.0. The van der Waals surface area contributed by atoms with Gasteiger partial charge in [-0.1, -0.05) is 41.1 Å². The molecule has 0 atom stereocenters. The van der Waals surface area contributed by atoms with Crippen LogP contribution in [-0.2, 0) is 11.3 Å². The number of amides is 1. The van der Waals surface area contributed by atoms with Crippen LogP contribution in [0, 0.1) is 6.92 Å². The Morgan fingerprint density at radius 2 is 1.72 bits per heavy atom. The molecule has 2 aliphatic rings. The highest BCUT2D eigenvalue weighted by molar-refractivity contribution is 5.91. The van der Waals surface area contributed by atoms with Gasteiger partial charge in [0.25, 0.3) is 0 Å². The maximum atomic E-state index is 12.5. The maximum absolute atomic E-state index is 12.5. The summed E-state index contributed by atoms with van der Waals surface area (Å²) in [6, 6.07) is 15.9. The molecule has 2 aliphatic heterocycles. The molecule has 8 heteroatoms. The number of hydrogen-bond acceptors (Lipinski definition) is 7. The molecule has 1 fully saturated rings. The van der Waals surface area contributed by atoms with Gasteiger partial charge in [0.15, 0.2) is 11.5 Å². The van der Waals surface area contributed by atoms with E-state index in [4.69, 9.17) is 14.0 Å². The first-order valence-electron chi connectivity index (χ1n) is 10.8. The number of nitrogens with one attached hydrogen (secondary N) is 1. The summed E-state index contributed by atoms with van der Waals surface area (Å²) in [6.45, 7) is 7.00. The summed E-state index contributed by atoms with van der Waals surface area (Å²) in [6.07, 6.45) is 0. The molecule has 0 aliphatic carbocycles. The number of ether oxygens (including phenoxy) is 2. The molecule has 166 valence electrons. The van der Waals surface area contributed by atoms with Gasteiger partial charge in [-0.15, -0.1) is 0 Å². The lowest BCUT2D eigenvalue weighted by Gasteiger charge is -2.34. The third kappa shape index (κ3) is 4.76. The lowest BCUT2D eigenvalue weighted by atomic mass is 10.1. The lowest BCUT2D eigenvalue weighted by Crippen LogP contribution is -2.48. The number of hydrogen-bond donors (Lipinski definition) is 1. The van der Waals surface area contributed by atoms with Crippen LogP contribution in [0.25, 0.3) is 11.3 Å². The normalized spacial score (nSPS) is 16.3. The van der Waals surface area contributed by atoms with Crippen LogP contribution in [0.5, 0.6) is 11.5 Å². The van der Waals surface area contributed by atoms with Crippen molar-refractivity contribution in [1.82, 2.24) is 15.0 Å². The molecule has 3 heterocycles. The number of carbonyl (C=O) groups is 1. The number of nitrogens with zero attached hydrogens (tertiary/aromatic N) is 3. The molecule has 0 radical (unpaired) electrons. The standard InChI is InChI=1S/C24H26N4O4/c1-17-2-5-19(6-3-17)20-13-24(32-26-20)25-23(29)15-28-10-8-27(9-11-28)14-18-4-7-21-22(12-18)31-16-30-21/h2-7,12-13H,8-11,14-16H2,1H3,(H,25,29). The molecular weight excluding hydrogens is 408 g/mol. The number of piperazine rings is 1. The fourth-order valence-electron chi connectivity index (χ4n) is 3.98. The monoisotopic (exact) mass is 434 g/mol. The lowest BCUT2D eigenvalue weighted by molar-refractivity contribution is -0.117.